The molecule has 0 aliphatic carbocycles. The summed E-state index contributed by atoms with van der Waals surface area (Å²) >= 11 is 0. The van der Waals surface area contributed by atoms with Crippen LogP contribution >= 0.6 is 0 Å². The van der Waals surface area contributed by atoms with Crippen molar-refractivity contribution >= 4 is 0 Å². The summed E-state index contributed by atoms with van der Waals surface area (Å²) < 4.78 is 0. The summed E-state index contributed by atoms with van der Waals surface area (Å²) in [7, 11) is 0. The molecule has 0 rings (SSSR count). The Morgan fingerprint density at radius 1 is 0.812 bits per heavy atom. The van der Waals surface area contributed by atoms with Crippen molar-refractivity contribution in [1.29, 1.82) is 0 Å². The molecule has 0 saturated heterocycles. The van der Waals surface area contributed by atoms with Crippen LogP contribution in [0.4, 0.5) is 0 Å². The Morgan fingerprint density at radius 3 is 1.31 bits per heavy atom. The molecular weight excluding hydrogens is 194 g/mol. The van der Waals surface area contributed by atoms with E-state index in [4.69, 9.17) is 0 Å². The lowest BCUT2D eigenvalue weighted by molar-refractivity contribution is 0.245. The van der Waals surface area contributed by atoms with Crippen LogP contribution in [0.5, 0.6) is 0 Å². The van der Waals surface area contributed by atoms with Gasteiger partial charge in [-0.05, 0) is 31.8 Å². The van der Waals surface area contributed by atoms with Crippen molar-refractivity contribution < 1.29 is 0 Å². The van der Waals surface area contributed by atoms with Crippen LogP contribution in [0.3, 0.4) is 0 Å². The van der Waals surface area contributed by atoms with Gasteiger partial charge >= 0.3 is 0 Å². The Kier molecular flexibility index (Phi) is 27.1. The first-order valence-electron chi connectivity index (χ1n) is 7.34. The molecule has 0 aromatic rings. The van der Waals surface area contributed by atoms with E-state index < -0.39 is 0 Å². The Labute approximate surface area is 106 Å². The Balaban J connectivity index is -0.000000289. The van der Waals surface area contributed by atoms with Gasteiger partial charge in [0, 0.05) is 6.54 Å². The van der Waals surface area contributed by atoms with Crippen molar-refractivity contribution in [2.45, 2.75) is 74.7 Å². The van der Waals surface area contributed by atoms with Gasteiger partial charge in [-0.2, -0.15) is 0 Å². The predicted molar refractivity (Wildman–Crippen MR) is 79.2 cm³/mol. The first kappa shape index (κ1) is 21.3. The maximum absolute atomic E-state index is 2.56. The first-order chi connectivity index (χ1) is 7.62. The van der Waals surface area contributed by atoms with Crippen LogP contribution in [0.1, 0.15) is 74.7 Å². The minimum atomic E-state index is 0.813. The molecule has 0 amide bonds. The molecule has 0 heterocycles. The lowest BCUT2D eigenvalue weighted by atomic mass is 10.2. The van der Waals surface area contributed by atoms with E-state index in [1.165, 1.54) is 38.9 Å². The molecule has 0 aliphatic heterocycles. The molecule has 1 heteroatoms. The fourth-order valence-corrected chi connectivity index (χ4v) is 1.44. The van der Waals surface area contributed by atoms with Gasteiger partial charge < -0.3 is 4.90 Å². The minimum Gasteiger partial charge on any atom is -0.303 e. The van der Waals surface area contributed by atoms with Gasteiger partial charge in [-0.1, -0.05) is 61.8 Å². The third-order valence-electron chi connectivity index (χ3n) is 1.70. The van der Waals surface area contributed by atoms with E-state index in [0.717, 1.165) is 5.92 Å². The first-order valence-corrected chi connectivity index (χ1v) is 7.34. The van der Waals surface area contributed by atoms with E-state index in [0.29, 0.717) is 0 Å². The van der Waals surface area contributed by atoms with E-state index >= 15 is 0 Å². The smallest absolute Gasteiger partial charge is 0.000438 e. The SMILES string of the molecule is CC.CCC.CCCN(CCC)CC(C)C. The molecule has 0 atom stereocenters. The summed E-state index contributed by atoms with van der Waals surface area (Å²) in [6, 6.07) is 0. The zero-order chi connectivity index (χ0) is 13.4. The average molecular weight is 231 g/mol. The molecule has 0 aromatic heterocycles. The summed E-state index contributed by atoms with van der Waals surface area (Å²) in [4.78, 5) is 2.56. The van der Waals surface area contributed by atoms with Gasteiger partial charge in [0.25, 0.3) is 0 Å². The molecule has 0 radical (unpaired) electrons. The molecule has 102 valence electrons. The van der Waals surface area contributed by atoms with Crippen LogP contribution in [0, 0.1) is 5.92 Å². The normalized spacial score (nSPS) is 9.38. The third-order valence-corrected chi connectivity index (χ3v) is 1.70. The van der Waals surface area contributed by atoms with Gasteiger partial charge in [0.05, 0.1) is 0 Å². The zero-order valence-corrected chi connectivity index (χ0v) is 13.3. The highest BCUT2D eigenvalue weighted by Crippen LogP contribution is 2.00. The second-order valence-corrected chi connectivity index (χ2v) is 4.40. The molecule has 0 bridgehead atoms. The van der Waals surface area contributed by atoms with Gasteiger partial charge in [-0.3, -0.25) is 0 Å². The summed E-state index contributed by atoms with van der Waals surface area (Å²) in [5.74, 6) is 0.813. The van der Waals surface area contributed by atoms with Crippen LogP contribution in [-0.4, -0.2) is 24.5 Å². The van der Waals surface area contributed by atoms with Gasteiger partial charge in [0.2, 0.25) is 0 Å². The van der Waals surface area contributed by atoms with Gasteiger partial charge in [-0.25, -0.2) is 0 Å². The number of rotatable bonds is 6. The van der Waals surface area contributed by atoms with Crippen LogP contribution in [-0.2, 0) is 0 Å². The summed E-state index contributed by atoms with van der Waals surface area (Å²) in [5.41, 5.74) is 0. The molecule has 0 unspecified atom stereocenters. The highest BCUT2D eigenvalue weighted by atomic mass is 15.1. The molecule has 16 heavy (non-hydrogen) atoms. The quantitative estimate of drug-likeness (QED) is 0.607. The van der Waals surface area contributed by atoms with Gasteiger partial charge in [0.1, 0.15) is 0 Å². The lowest BCUT2D eigenvalue weighted by Gasteiger charge is -2.22. The summed E-state index contributed by atoms with van der Waals surface area (Å²) in [5, 5.41) is 0. The highest BCUT2D eigenvalue weighted by molar-refractivity contribution is 4.58. The Bertz CT molecular complexity index is 83.4. The molecule has 0 N–H and O–H groups in total. The topological polar surface area (TPSA) is 3.24 Å². The maximum Gasteiger partial charge on any atom is 0.000438 e. The van der Waals surface area contributed by atoms with Crippen LogP contribution in [0.15, 0.2) is 0 Å². The van der Waals surface area contributed by atoms with Crippen LogP contribution < -0.4 is 0 Å². The second kappa shape index (κ2) is 20.4. The van der Waals surface area contributed by atoms with E-state index in [-0.39, 0.29) is 0 Å². The predicted octanol–water partition coefficient (Wildman–Crippen LogP) is 5.21. The van der Waals surface area contributed by atoms with Crippen molar-refractivity contribution in [3.63, 3.8) is 0 Å². The Morgan fingerprint density at radius 2 is 1.12 bits per heavy atom. The van der Waals surface area contributed by atoms with E-state index in [2.05, 4.69) is 46.4 Å². The monoisotopic (exact) mass is 231 g/mol. The molecule has 0 aromatic carbocycles. The van der Waals surface area contributed by atoms with Crippen molar-refractivity contribution in [3.8, 4) is 0 Å². The van der Waals surface area contributed by atoms with Gasteiger partial charge in [0.15, 0.2) is 0 Å². The van der Waals surface area contributed by atoms with E-state index in [9.17, 15) is 0 Å². The highest BCUT2D eigenvalue weighted by Gasteiger charge is 2.03. The van der Waals surface area contributed by atoms with E-state index in [1.54, 1.807) is 0 Å². The second-order valence-electron chi connectivity index (χ2n) is 4.40. The fourth-order valence-electron chi connectivity index (χ4n) is 1.44. The van der Waals surface area contributed by atoms with Crippen molar-refractivity contribution in [2.24, 2.45) is 5.92 Å². The lowest BCUT2D eigenvalue weighted by Crippen LogP contribution is -2.29. The maximum atomic E-state index is 2.56. The van der Waals surface area contributed by atoms with Crippen LogP contribution in [0.25, 0.3) is 0 Å². The fraction of sp³-hybridized carbons (Fsp3) is 1.00. The largest absolute Gasteiger partial charge is 0.303 e. The van der Waals surface area contributed by atoms with E-state index in [1.807, 2.05) is 13.8 Å². The molecule has 0 saturated carbocycles. The number of nitrogens with zero attached hydrogens (tertiary/aromatic N) is 1. The van der Waals surface area contributed by atoms with Gasteiger partial charge in [-0.15, -0.1) is 0 Å². The minimum absolute atomic E-state index is 0.813. The molecular formula is C15H37N. The van der Waals surface area contributed by atoms with Crippen molar-refractivity contribution in [1.82, 2.24) is 4.90 Å². The van der Waals surface area contributed by atoms with Crippen LogP contribution in [0.2, 0.25) is 0 Å². The number of hydrogen-bond donors (Lipinski definition) is 0. The summed E-state index contributed by atoms with van der Waals surface area (Å²) in [6.07, 6.45) is 3.82. The zero-order valence-electron chi connectivity index (χ0n) is 13.3. The molecule has 0 spiro atoms. The van der Waals surface area contributed by atoms with Crippen molar-refractivity contribution in [3.05, 3.63) is 0 Å². The van der Waals surface area contributed by atoms with Crippen molar-refractivity contribution in [2.75, 3.05) is 19.6 Å². The standard InChI is InChI=1S/C10H23N.C3H8.C2H6/c1-5-7-11(8-6-2)9-10(3)4;1-3-2;1-2/h10H,5-9H2,1-4H3;3H2,1-2H3;1-2H3. The third kappa shape index (κ3) is 23.6. The average Bonchev–Trinajstić information content (AvgIpc) is 2.22. The number of hydrogen-bond acceptors (Lipinski definition) is 1. The molecule has 0 fully saturated rings. The Hall–Kier alpha value is -0.0400. The summed E-state index contributed by atoms with van der Waals surface area (Å²) in [6.45, 7) is 21.1. The molecule has 1 nitrogen and oxygen atoms in total. The molecule has 0 aliphatic rings.